The molecule has 1 aliphatic rings. The largest absolute Gasteiger partial charge is 0.342 e. The molecule has 1 aromatic carbocycles. The minimum Gasteiger partial charge on any atom is -0.342 e. The van der Waals surface area contributed by atoms with Crippen molar-refractivity contribution in [3.63, 3.8) is 0 Å². The van der Waals surface area contributed by atoms with Crippen LogP contribution in [0.4, 0.5) is 5.69 Å². The van der Waals surface area contributed by atoms with Crippen LogP contribution in [-0.2, 0) is 4.79 Å². The third kappa shape index (κ3) is 4.14. The van der Waals surface area contributed by atoms with Crippen molar-refractivity contribution in [2.75, 3.05) is 24.2 Å². The van der Waals surface area contributed by atoms with E-state index in [0.717, 1.165) is 30.8 Å². The van der Waals surface area contributed by atoms with Crippen molar-refractivity contribution < 1.29 is 9.59 Å². The summed E-state index contributed by atoms with van der Waals surface area (Å²) in [5, 5.41) is 2.83. The highest BCUT2D eigenvalue weighted by molar-refractivity contribution is 8.00. The first kappa shape index (κ1) is 16.5. The summed E-state index contributed by atoms with van der Waals surface area (Å²) < 4.78 is 0. The molecule has 0 aliphatic carbocycles. The predicted octanol–water partition coefficient (Wildman–Crippen LogP) is 3.05. The molecule has 0 bridgehead atoms. The van der Waals surface area contributed by atoms with Crippen LogP contribution in [-0.4, -0.2) is 40.5 Å². The lowest BCUT2D eigenvalue weighted by molar-refractivity contribution is -0.127. The summed E-state index contributed by atoms with van der Waals surface area (Å²) in [6.07, 6.45) is 5.43. The molecule has 1 saturated heterocycles. The highest BCUT2D eigenvalue weighted by atomic mass is 32.2. The summed E-state index contributed by atoms with van der Waals surface area (Å²) >= 11 is 1.41. The van der Waals surface area contributed by atoms with Crippen LogP contribution in [0.2, 0.25) is 0 Å². The third-order valence-electron chi connectivity index (χ3n) is 3.86. The fourth-order valence-electron chi connectivity index (χ4n) is 2.61. The molecule has 1 fully saturated rings. The van der Waals surface area contributed by atoms with Crippen LogP contribution >= 0.6 is 11.8 Å². The van der Waals surface area contributed by atoms with Crippen LogP contribution in [0.3, 0.4) is 0 Å². The van der Waals surface area contributed by atoms with Gasteiger partial charge >= 0.3 is 0 Å². The number of carbonyl (C=O) groups excluding carboxylic acids is 2. The molecular weight excluding hydrogens is 322 g/mol. The number of aromatic nitrogens is 1. The van der Waals surface area contributed by atoms with Gasteiger partial charge in [0.1, 0.15) is 0 Å². The monoisotopic (exact) mass is 341 g/mol. The normalized spacial score (nSPS) is 13.8. The summed E-state index contributed by atoms with van der Waals surface area (Å²) in [5.41, 5.74) is 1.22. The van der Waals surface area contributed by atoms with E-state index in [0.29, 0.717) is 17.0 Å². The van der Waals surface area contributed by atoms with Gasteiger partial charge in [-0.05, 0) is 37.1 Å². The molecule has 24 heavy (non-hydrogen) atoms. The summed E-state index contributed by atoms with van der Waals surface area (Å²) in [6.45, 7) is 1.70. The zero-order valence-electron chi connectivity index (χ0n) is 13.3. The third-order valence-corrected chi connectivity index (χ3v) is 4.92. The first-order chi connectivity index (χ1) is 11.7. The van der Waals surface area contributed by atoms with Crippen LogP contribution in [0.25, 0.3) is 0 Å². The zero-order chi connectivity index (χ0) is 16.8. The molecule has 5 nitrogen and oxygen atoms in total. The van der Waals surface area contributed by atoms with Gasteiger partial charge in [-0.25, -0.2) is 0 Å². The Hall–Kier alpha value is -2.34. The second kappa shape index (κ2) is 7.97. The number of pyridine rings is 1. The van der Waals surface area contributed by atoms with Gasteiger partial charge in [-0.1, -0.05) is 12.1 Å². The molecule has 2 amide bonds. The van der Waals surface area contributed by atoms with Gasteiger partial charge in [-0.15, -0.1) is 11.8 Å². The van der Waals surface area contributed by atoms with Crippen molar-refractivity contribution >= 4 is 29.3 Å². The van der Waals surface area contributed by atoms with Gasteiger partial charge in [0.05, 0.1) is 23.2 Å². The maximum atomic E-state index is 12.5. The van der Waals surface area contributed by atoms with E-state index in [9.17, 15) is 9.59 Å². The predicted molar refractivity (Wildman–Crippen MR) is 95.2 cm³/mol. The minimum absolute atomic E-state index is 0.139. The average molecular weight is 341 g/mol. The van der Waals surface area contributed by atoms with Crippen molar-refractivity contribution in [1.29, 1.82) is 0 Å². The number of thioether (sulfide) groups is 1. The van der Waals surface area contributed by atoms with E-state index >= 15 is 0 Å². The number of benzene rings is 1. The minimum atomic E-state index is -0.195. The topological polar surface area (TPSA) is 62.3 Å². The molecule has 0 atom stereocenters. The van der Waals surface area contributed by atoms with Gasteiger partial charge in [-0.2, -0.15) is 0 Å². The van der Waals surface area contributed by atoms with E-state index in [1.165, 1.54) is 11.8 Å². The molecule has 6 heteroatoms. The van der Waals surface area contributed by atoms with Crippen molar-refractivity contribution in [1.82, 2.24) is 9.88 Å². The molecule has 2 heterocycles. The SMILES string of the molecule is O=C(Nc1cccnc1)c1ccccc1SCC(=O)N1CCCC1. The molecule has 1 N–H and O–H groups in total. The number of carbonyl (C=O) groups is 2. The van der Waals surface area contributed by atoms with Gasteiger partial charge in [0.15, 0.2) is 0 Å². The average Bonchev–Trinajstić information content (AvgIpc) is 3.15. The van der Waals surface area contributed by atoms with Gasteiger partial charge in [0.25, 0.3) is 5.91 Å². The number of nitrogens with one attached hydrogen (secondary N) is 1. The lowest BCUT2D eigenvalue weighted by atomic mass is 10.2. The fraction of sp³-hybridized carbons (Fsp3) is 0.278. The van der Waals surface area contributed by atoms with Crippen LogP contribution in [0, 0.1) is 0 Å². The van der Waals surface area contributed by atoms with E-state index in [4.69, 9.17) is 0 Å². The van der Waals surface area contributed by atoms with Crippen molar-refractivity contribution in [3.05, 3.63) is 54.4 Å². The second-order valence-corrected chi connectivity index (χ2v) is 6.59. The van der Waals surface area contributed by atoms with Crippen molar-refractivity contribution in [2.45, 2.75) is 17.7 Å². The molecule has 0 saturated carbocycles. The number of hydrogen-bond donors (Lipinski definition) is 1. The van der Waals surface area contributed by atoms with Crippen molar-refractivity contribution in [2.24, 2.45) is 0 Å². The smallest absolute Gasteiger partial charge is 0.256 e. The van der Waals surface area contributed by atoms with E-state index in [1.807, 2.05) is 23.1 Å². The Kier molecular flexibility index (Phi) is 5.48. The molecule has 1 aliphatic heterocycles. The van der Waals surface area contributed by atoms with E-state index in [-0.39, 0.29) is 11.8 Å². The van der Waals surface area contributed by atoms with Gasteiger partial charge in [0, 0.05) is 24.2 Å². The Bertz CT molecular complexity index is 715. The highest BCUT2D eigenvalue weighted by Gasteiger charge is 2.19. The molecule has 124 valence electrons. The molecular formula is C18H19N3O2S. The molecule has 0 unspecified atom stereocenters. The maximum Gasteiger partial charge on any atom is 0.256 e. The quantitative estimate of drug-likeness (QED) is 0.849. The molecule has 0 spiro atoms. The first-order valence-corrected chi connectivity index (χ1v) is 8.93. The van der Waals surface area contributed by atoms with Gasteiger partial charge in [-0.3, -0.25) is 14.6 Å². The van der Waals surface area contributed by atoms with Crippen LogP contribution < -0.4 is 5.32 Å². The van der Waals surface area contributed by atoms with E-state index < -0.39 is 0 Å². The Balaban J connectivity index is 1.66. The Labute approximate surface area is 145 Å². The highest BCUT2D eigenvalue weighted by Crippen LogP contribution is 2.24. The van der Waals surface area contributed by atoms with Gasteiger partial charge in [0.2, 0.25) is 5.91 Å². The van der Waals surface area contributed by atoms with Crippen LogP contribution in [0.5, 0.6) is 0 Å². The van der Waals surface area contributed by atoms with Gasteiger partial charge < -0.3 is 10.2 Å². The number of likely N-dealkylation sites (tertiary alicyclic amines) is 1. The Morgan fingerprint density at radius 3 is 2.67 bits per heavy atom. The summed E-state index contributed by atoms with van der Waals surface area (Å²) in [4.78, 5) is 31.4. The summed E-state index contributed by atoms with van der Waals surface area (Å²) in [5.74, 6) is 0.302. The standard InChI is InChI=1S/C18H19N3O2S/c22-17(21-10-3-4-11-21)13-24-16-8-2-1-7-15(16)18(23)20-14-6-5-9-19-12-14/h1-2,5-9,12H,3-4,10-11,13H2,(H,20,23). The molecule has 1 aromatic heterocycles. The summed E-state index contributed by atoms with van der Waals surface area (Å²) in [7, 11) is 0. The number of hydrogen-bond acceptors (Lipinski definition) is 4. The zero-order valence-corrected chi connectivity index (χ0v) is 14.1. The van der Waals surface area contributed by atoms with E-state index in [2.05, 4.69) is 10.3 Å². The van der Waals surface area contributed by atoms with Crippen LogP contribution in [0.15, 0.2) is 53.7 Å². The molecule has 2 aromatic rings. The second-order valence-electron chi connectivity index (χ2n) is 5.57. The molecule has 3 rings (SSSR count). The van der Waals surface area contributed by atoms with E-state index in [1.54, 1.807) is 30.6 Å². The number of anilines is 1. The number of amides is 2. The lowest BCUT2D eigenvalue weighted by Crippen LogP contribution is -2.29. The Morgan fingerprint density at radius 2 is 1.92 bits per heavy atom. The van der Waals surface area contributed by atoms with Crippen molar-refractivity contribution in [3.8, 4) is 0 Å². The number of rotatable bonds is 5. The number of nitrogens with zero attached hydrogens (tertiary/aromatic N) is 2. The fourth-order valence-corrected chi connectivity index (χ4v) is 3.57. The maximum absolute atomic E-state index is 12.5. The summed E-state index contributed by atoms with van der Waals surface area (Å²) in [6, 6.07) is 10.9. The Morgan fingerprint density at radius 1 is 1.12 bits per heavy atom. The lowest BCUT2D eigenvalue weighted by Gasteiger charge is -2.15. The molecule has 0 radical (unpaired) electrons. The first-order valence-electron chi connectivity index (χ1n) is 7.95. The van der Waals surface area contributed by atoms with Crippen LogP contribution in [0.1, 0.15) is 23.2 Å².